The zero-order chi connectivity index (χ0) is 79.6. The lowest BCUT2D eigenvalue weighted by Crippen LogP contribution is -2.45. The highest BCUT2D eigenvalue weighted by molar-refractivity contribution is 7.25. The van der Waals surface area contributed by atoms with Crippen molar-refractivity contribution < 1.29 is 44.2 Å². The zero-order valence-electron chi connectivity index (χ0n) is 68.1. The van der Waals surface area contributed by atoms with E-state index >= 15 is 0 Å². The second-order valence-corrected chi connectivity index (χ2v) is 29.3. The summed E-state index contributed by atoms with van der Waals surface area (Å²) in [4.78, 5) is 22.6. The van der Waals surface area contributed by atoms with Gasteiger partial charge in [-0.3, -0.25) is 38.6 Å². The largest absolute Gasteiger partial charge is 0.419 e. The summed E-state index contributed by atoms with van der Waals surface area (Å²) in [6.45, 7) is -3.25. The van der Waals surface area contributed by atoms with Crippen LogP contribution >= 0.6 is 11.3 Å². The topological polar surface area (TPSA) is 135 Å². The Bertz CT molecular complexity index is 7450. The number of rotatable bonds is 1. The molecule has 26 rings (SSSR count). The molecule has 0 radical (unpaired) electrons. The maximum absolute atomic E-state index is 8.14. The number of hydrogen-bond donors (Lipinski definition) is 0. The van der Waals surface area contributed by atoms with Gasteiger partial charge in [0.1, 0.15) is 72.3 Å². The van der Waals surface area contributed by atoms with Crippen LogP contribution < -0.4 is 27.4 Å². The highest BCUT2D eigenvalue weighted by atomic mass is 32.1. The van der Waals surface area contributed by atoms with E-state index < -0.39 is 26.7 Å². The number of imidazole rings is 5. The molecule has 6 aliphatic heterocycles. The molecule has 0 amide bonds. The molecule has 0 saturated carbocycles. The fourth-order valence-corrected chi connectivity index (χ4v) is 19.3. The van der Waals surface area contributed by atoms with Crippen LogP contribution in [0.25, 0.3) is 155 Å². The van der Waals surface area contributed by atoms with Crippen LogP contribution in [0.3, 0.4) is 0 Å². The zero-order valence-corrected chi connectivity index (χ0v) is 59.9. The number of benzene rings is 5. The van der Waals surface area contributed by atoms with Crippen LogP contribution in [-0.4, -0.2) is 56.9 Å². The van der Waals surface area contributed by atoms with E-state index in [9.17, 15) is 0 Å². The van der Waals surface area contributed by atoms with Crippen molar-refractivity contribution in [2.75, 3.05) is 0 Å². The number of pyridine rings is 6. The van der Waals surface area contributed by atoms with E-state index in [-0.39, 0.29) is 0 Å². The first-order valence-corrected chi connectivity index (χ1v) is 36.8. The van der Waals surface area contributed by atoms with Gasteiger partial charge in [0.15, 0.2) is 16.6 Å². The first kappa shape index (κ1) is 53.4. The number of aryl methyl sites for hydroxylation is 5. The van der Waals surface area contributed by atoms with Crippen molar-refractivity contribution in [3.05, 3.63) is 283 Å². The second kappa shape index (κ2) is 23.3. The van der Waals surface area contributed by atoms with E-state index in [0.29, 0.717) is 41.9 Å². The van der Waals surface area contributed by atoms with Crippen LogP contribution in [0.4, 0.5) is 0 Å². The summed E-state index contributed by atoms with van der Waals surface area (Å²) in [5.74, 6) is 4.39. The Morgan fingerprint density at radius 1 is 0.444 bits per heavy atom. The summed E-state index contributed by atoms with van der Waals surface area (Å²) >= 11 is 1.88. The minimum Gasteiger partial charge on any atom is -0.419 e. The van der Waals surface area contributed by atoms with Crippen molar-refractivity contribution in [2.24, 2.45) is 42.1 Å². The molecule has 0 bridgehead atoms. The van der Waals surface area contributed by atoms with E-state index in [4.69, 9.17) is 16.8 Å². The van der Waals surface area contributed by atoms with Crippen LogP contribution in [0.2, 0.25) is 0 Å². The van der Waals surface area contributed by atoms with Gasteiger partial charge in [-0.2, -0.15) is 18.3 Å². The fourth-order valence-electron chi connectivity index (χ4n) is 18.1. The Labute approximate surface area is 635 Å². The molecule has 0 N–H and O–H groups in total. The van der Waals surface area contributed by atoms with E-state index in [2.05, 4.69) is 196 Å². The average Bonchev–Trinajstić information content (AvgIpc) is 1.53. The lowest BCUT2D eigenvalue weighted by Gasteiger charge is -2.03. The Morgan fingerprint density at radius 2 is 0.954 bits per heavy atom. The van der Waals surface area contributed by atoms with E-state index in [1.165, 1.54) is 108 Å². The lowest BCUT2D eigenvalue weighted by atomic mass is 10.1. The van der Waals surface area contributed by atoms with Crippen LogP contribution in [-0.2, 0) is 74.9 Å². The van der Waals surface area contributed by atoms with Gasteiger partial charge >= 0.3 is 17.4 Å². The highest BCUT2D eigenvalue weighted by Gasteiger charge is 2.51. The molecular weight excluding hydrogens is 1360 g/mol. The predicted molar refractivity (Wildman–Crippen MR) is 417 cm³/mol. The Hall–Kier alpha value is -13.3. The standard InChI is InChI=1S/C22H17N4.C17H16N4.C17H15N4.C16H12N3O.C16H12N3S/c1-24-20-17-9-5-6-10-19(17)26(16-7-3-2-4-8-16)22(20)25-14-15-11-12-23-13-18(15)21(24)25;1-11-14-5-3-4-8-20(14)17-15(11)21-10-12-6-7-18-9-13(12)16(21)19(17)2;1-19-14-6-4-3-5-12(14)15-17(19)21-10-11-7-8-18-9-13(11)16(21)20(15)2;2*1-18-14-11-4-2-3-5-13(11)20-16(14)19-9-10-6-7-17-8-12(10)15(18)19/h2-13H,14H2,1H3;3-9,11H,10H2,1-2H3;3-9H,10H2,1-2H3;2*2-8H,9H2,1H3/q+1;+2;3*+1/i;1D3,2D3;2D3;;. The number of aromatic nitrogens is 18. The van der Waals surface area contributed by atoms with Gasteiger partial charge in [0.25, 0.3) is 28.6 Å². The highest BCUT2D eigenvalue weighted by Crippen LogP contribution is 2.43. The SMILES string of the molecule is Cn1c2[n+](c3c1c1ccccc1n3-c1ccccc1)Cc1ccncc1-2.Cn1c2[n+](c3oc4ccccc4c31)Cc1ccncc1-2.Cn1c2[n+](c3sc4ccccc4c31)Cc1ccncc1-2.[2H]C([2H])([2H])C1c2c([n+](C([2H])([2H])[2H])c3n2Cc2ccncc2-3)-[n+]2ccccc21.[2H]C([2H])([2H])n1c2[n+](c3c1c1ccccc1n3C)Cc1ccncc1-2. The third kappa shape index (κ3) is 8.61. The molecule has 5 aromatic carbocycles. The van der Waals surface area contributed by atoms with Crippen molar-refractivity contribution in [1.29, 1.82) is 0 Å². The van der Waals surface area contributed by atoms with Crippen LogP contribution in [0.5, 0.6) is 0 Å². The molecule has 520 valence electrons. The number of para-hydroxylation sites is 4. The van der Waals surface area contributed by atoms with Crippen molar-refractivity contribution in [3.8, 4) is 68.4 Å². The quantitative estimate of drug-likeness (QED) is 0.150. The summed E-state index contributed by atoms with van der Waals surface area (Å²) in [7, 11) is 8.41. The molecule has 0 fully saturated rings. The smallest absolute Gasteiger partial charge is 0.397 e. The second-order valence-electron chi connectivity index (χ2n) is 28.3. The van der Waals surface area contributed by atoms with Crippen molar-refractivity contribution in [3.63, 3.8) is 0 Å². The molecule has 20 aromatic rings. The van der Waals surface area contributed by atoms with Gasteiger partial charge in [0.05, 0.1) is 94.9 Å². The molecule has 0 spiro atoms. The van der Waals surface area contributed by atoms with Crippen LogP contribution in [0.1, 0.15) is 64.3 Å². The van der Waals surface area contributed by atoms with Crippen molar-refractivity contribution >= 4 is 98.1 Å². The predicted octanol–water partition coefficient (Wildman–Crippen LogP) is 13.4. The number of fused-ring (bicyclic) bond motifs is 35. The van der Waals surface area contributed by atoms with E-state index in [1.54, 1.807) is 53.8 Å². The van der Waals surface area contributed by atoms with Gasteiger partial charge in [-0.05, 0) is 110 Å². The monoisotopic (exact) mass is 1440 g/mol. The van der Waals surface area contributed by atoms with Gasteiger partial charge in [-0.1, -0.05) is 84.1 Å². The van der Waals surface area contributed by atoms with Gasteiger partial charge < -0.3 is 4.42 Å². The Balaban J connectivity index is 0.0000000889. The molecule has 0 saturated heterocycles. The van der Waals surface area contributed by atoms with Crippen LogP contribution in [0.15, 0.2) is 249 Å². The summed E-state index contributed by atoms with van der Waals surface area (Å²) in [6.07, 6.45) is 20.1. The molecule has 1 unspecified atom stereocenters. The number of furan rings is 1. The minimum atomic E-state index is -2.47. The lowest BCUT2D eigenvalue weighted by molar-refractivity contribution is -0.769. The molecule has 6 aliphatic rings. The number of thiophene rings is 1. The number of nitrogens with zero attached hydrogens (tertiary/aromatic N) is 18. The summed E-state index contributed by atoms with van der Waals surface area (Å²) in [6, 6.07) is 59.5. The maximum atomic E-state index is 8.14. The van der Waals surface area contributed by atoms with E-state index in [1.807, 2.05) is 109 Å². The first-order chi connectivity index (χ1) is 56.7. The van der Waals surface area contributed by atoms with Crippen molar-refractivity contribution in [1.82, 2.24) is 56.9 Å². The van der Waals surface area contributed by atoms with Gasteiger partial charge in [0.2, 0.25) is 22.0 Å². The summed E-state index contributed by atoms with van der Waals surface area (Å²) in [5.41, 5.74) is 24.5. The molecule has 1 atom stereocenters. The molecular formula is C88H72N18OS+6. The number of hydrogen-bond acceptors (Lipinski definition) is 7. The summed E-state index contributed by atoms with van der Waals surface area (Å²) in [5, 5.41) is 4.75. The molecule has 19 nitrogen and oxygen atoms in total. The Morgan fingerprint density at radius 3 is 1.62 bits per heavy atom. The van der Waals surface area contributed by atoms with Gasteiger partial charge in [-0.15, -0.1) is 0 Å². The molecule has 20 heteroatoms. The fraction of sp³-hybridized carbons (Fsp3) is 0.148. The first-order valence-electron chi connectivity index (χ1n) is 40.5. The Kier molecular flexibility index (Phi) is 11.5. The molecule has 21 heterocycles. The maximum Gasteiger partial charge on any atom is 0.397 e. The van der Waals surface area contributed by atoms with Gasteiger partial charge in [-0.25, -0.2) is 27.4 Å². The van der Waals surface area contributed by atoms with Gasteiger partial charge in [0, 0.05) is 104 Å². The normalized spacial score (nSPS) is 15.4. The molecule has 108 heavy (non-hydrogen) atoms. The minimum absolute atomic E-state index is 0.399. The third-order valence-electron chi connectivity index (χ3n) is 22.7. The third-order valence-corrected chi connectivity index (χ3v) is 23.9. The van der Waals surface area contributed by atoms with Crippen molar-refractivity contribution in [2.45, 2.75) is 45.5 Å². The molecule has 0 aliphatic carbocycles. The summed E-state index contributed by atoms with van der Waals surface area (Å²) < 4.78 is 107. The average molecular weight is 1440 g/mol. The van der Waals surface area contributed by atoms with E-state index in [0.717, 1.165) is 86.2 Å². The van der Waals surface area contributed by atoms with Crippen LogP contribution in [0, 0.1) is 0 Å². The molecule has 15 aromatic heterocycles.